The van der Waals surface area contributed by atoms with Crippen molar-refractivity contribution >= 4 is 17.9 Å². The molecule has 0 saturated carbocycles. The SMILES string of the molecule is CCCCS(=O)(=O)OP(=O)(O)O. The molecule has 0 unspecified atom stereocenters. The first-order chi connectivity index (χ1) is 5.27. The zero-order chi connectivity index (χ0) is 9.83. The molecular formula is C4H11O6PS. The van der Waals surface area contributed by atoms with Crippen molar-refractivity contribution in [2.75, 3.05) is 5.75 Å². The number of phosphoric acid groups is 1. The van der Waals surface area contributed by atoms with Gasteiger partial charge in [-0.2, -0.15) is 12.4 Å². The van der Waals surface area contributed by atoms with Crippen LogP contribution < -0.4 is 0 Å². The Morgan fingerprint density at radius 2 is 1.92 bits per heavy atom. The van der Waals surface area contributed by atoms with Crippen LogP contribution in [0.3, 0.4) is 0 Å². The van der Waals surface area contributed by atoms with Crippen molar-refractivity contribution in [3.05, 3.63) is 0 Å². The van der Waals surface area contributed by atoms with E-state index in [-0.39, 0.29) is 5.75 Å². The first-order valence-corrected chi connectivity index (χ1v) is 6.37. The summed E-state index contributed by atoms with van der Waals surface area (Å²) in [7, 11) is -8.98. The summed E-state index contributed by atoms with van der Waals surface area (Å²) in [6.45, 7) is 1.76. The highest BCUT2D eigenvalue weighted by Crippen LogP contribution is 2.38. The maximum absolute atomic E-state index is 10.7. The van der Waals surface area contributed by atoms with E-state index in [0.717, 1.165) is 0 Å². The molecule has 0 radical (unpaired) electrons. The van der Waals surface area contributed by atoms with E-state index in [4.69, 9.17) is 9.79 Å². The second-order valence-corrected chi connectivity index (χ2v) is 5.28. The lowest BCUT2D eigenvalue weighted by Crippen LogP contribution is -2.08. The van der Waals surface area contributed by atoms with Crippen LogP contribution in [0.2, 0.25) is 0 Å². The monoisotopic (exact) mass is 218 g/mol. The average molecular weight is 218 g/mol. The molecule has 0 amide bonds. The minimum atomic E-state index is -4.92. The fraction of sp³-hybridized carbons (Fsp3) is 1.00. The Balaban J connectivity index is 4.16. The molecule has 0 atom stereocenters. The van der Waals surface area contributed by atoms with Crippen LogP contribution in [0.15, 0.2) is 0 Å². The van der Waals surface area contributed by atoms with Crippen molar-refractivity contribution in [3.63, 3.8) is 0 Å². The van der Waals surface area contributed by atoms with Crippen LogP contribution in [0, 0.1) is 0 Å². The molecule has 0 aromatic carbocycles. The van der Waals surface area contributed by atoms with Gasteiger partial charge in [-0.3, -0.25) is 0 Å². The predicted molar refractivity (Wildman–Crippen MR) is 41.8 cm³/mol. The number of unbranched alkanes of at least 4 members (excludes halogenated alkanes) is 1. The van der Waals surface area contributed by atoms with Crippen LogP contribution in [0.5, 0.6) is 0 Å². The summed E-state index contributed by atoms with van der Waals surface area (Å²) in [5, 5.41) is 0. The van der Waals surface area contributed by atoms with E-state index in [1.54, 1.807) is 6.92 Å². The molecule has 0 spiro atoms. The molecule has 0 aromatic rings. The lowest BCUT2D eigenvalue weighted by atomic mass is 10.4. The average Bonchev–Trinajstić information content (AvgIpc) is 1.78. The zero-order valence-corrected chi connectivity index (χ0v) is 8.22. The van der Waals surface area contributed by atoms with Gasteiger partial charge < -0.3 is 9.79 Å². The van der Waals surface area contributed by atoms with Crippen LogP contribution in [0.25, 0.3) is 0 Å². The van der Waals surface area contributed by atoms with Crippen LogP contribution in [0.4, 0.5) is 0 Å². The summed E-state index contributed by atoms with van der Waals surface area (Å²) in [6.07, 6.45) is 0.937. The molecule has 6 nitrogen and oxygen atoms in total. The largest absolute Gasteiger partial charge is 0.484 e. The number of hydrogen-bond donors (Lipinski definition) is 2. The van der Waals surface area contributed by atoms with Gasteiger partial charge >= 0.3 is 7.82 Å². The molecule has 0 aromatic heterocycles. The van der Waals surface area contributed by atoms with E-state index in [2.05, 4.69) is 3.97 Å². The molecule has 0 saturated heterocycles. The predicted octanol–water partition coefficient (Wildman–Crippen LogP) is 0.226. The molecule has 0 aliphatic rings. The van der Waals surface area contributed by atoms with E-state index < -0.39 is 17.9 Å². The Kier molecular flexibility index (Phi) is 4.36. The molecule has 0 heterocycles. The summed E-state index contributed by atoms with van der Waals surface area (Å²) in [4.78, 5) is 16.3. The molecule has 12 heavy (non-hydrogen) atoms. The molecule has 74 valence electrons. The Labute approximate surface area is 70.9 Å². The fourth-order valence-electron chi connectivity index (χ4n) is 0.506. The van der Waals surface area contributed by atoms with Crippen LogP contribution in [-0.4, -0.2) is 24.0 Å². The highest BCUT2D eigenvalue weighted by molar-refractivity contribution is 7.90. The third-order valence-electron chi connectivity index (χ3n) is 0.959. The van der Waals surface area contributed by atoms with Gasteiger partial charge in [0.1, 0.15) is 0 Å². The number of hydrogen-bond acceptors (Lipinski definition) is 4. The molecule has 2 N–H and O–H groups in total. The second-order valence-electron chi connectivity index (χ2n) is 2.18. The highest BCUT2D eigenvalue weighted by atomic mass is 32.2. The Morgan fingerprint density at radius 1 is 1.42 bits per heavy atom. The van der Waals surface area contributed by atoms with Crippen molar-refractivity contribution in [2.45, 2.75) is 19.8 Å². The van der Waals surface area contributed by atoms with Gasteiger partial charge in [0.05, 0.1) is 5.75 Å². The van der Waals surface area contributed by atoms with Gasteiger partial charge in [-0.05, 0) is 6.42 Å². The molecular weight excluding hydrogens is 207 g/mol. The molecule has 0 fully saturated rings. The van der Waals surface area contributed by atoms with Gasteiger partial charge in [0.25, 0.3) is 10.1 Å². The summed E-state index contributed by atoms with van der Waals surface area (Å²) < 4.78 is 35.1. The highest BCUT2D eigenvalue weighted by Gasteiger charge is 2.24. The first-order valence-electron chi connectivity index (χ1n) is 3.26. The molecule has 0 aliphatic carbocycles. The van der Waals surface area contributed by atoms with Crippen molar-refractivity contribution in [1.29, 1.82) is 0 Å². The number of rotatable bonds is 5. The van der Waals surface area contributed by atoms with Gasteiger partial charge in [0, 0.05) is 0 Å². The Hall–Kier alpha value is 0.0600. The molecule has 8 heteroatoms. The van der Waals surface area contributed by atoms with E-state index in [1.165, 1.54) is 0 Å². The van der Waals surface area contributed by atoms with E-state index >= 15 is 0 Å². The van der Waals surface area contributed by atoms with Crippen molar-refractivity contribution < 1.29 is 26.7 Å². The smallest absolute Gasteiger partial charge is 0.302 e. The van der Waals surface area contributed by atoms with Crippen molar-refractivity contribution in [3.8, 4) is 0 Å². The van der Waals surface area contributed by atoms with Crippen LogP contribution >= 0.6 is 7.82 Å². The standard InChI is InChI=1S/C4H11O6PS/c1-2-3-4-12(8,9)10-11(5,6)7/h2-4H2,1H3,(H2,5,6,7). The van der Waals surface area contributed by atoms with Crippen LogP contribution in [-0.2, 0) is 18.7 Å². The molecule has 0 aliphatic heterocycles. The Bertz CT molecular complexity index is 263. The lowest BCUT2D eigenvalue weighted by molar-refractivity contribution is 0.285. The summed E-state index contributed by atoms with van der Waals surface area (Å²) in [5.41, 5.74) is 0. The summed E-state index contributed by atoms with van der Waals surface area (Å²) >= 11 is 0. The molecule has 0 rings (SSSR count). The van der Waals surface area contributed by atoms with E-state index in [1.807, 2.05) is 0 Å². The van der Waals surface area contributed by atoms with Gasteiger partial charge in [0.15, 0.2) is 0 Å². The normalized spacial score (nSPS) is 13.2. The van der Waals surface area contributed by atoms with Gasteiger partial charge in [-0.25, -0.2) is 4.57 Å². The fourth-order valence-corrected chi connectivity index (χ4v) is 2.63. The van der Waals surface area contributed by atoms with Gasteiger partial charge in [0.2, 0.25) is 0 Å². The van der Waals surface area contributed by atoms with Crippen molar-refractivity contribution in [1.82, 2.24) is 0 Å². The maximum atomic E-state index is 10.7. The quantitative estimate of drug-likeness (QED) is 0.640. The van der Waals surface area contributed by atoms with Crippen molar-refractivity contribution in [2.24, 2.45) is 0 Å². The van der Waals surface area contributed by atoms with E-state index in [9.17, 15) is 13.0 Å². The minimum absolute atomic E-state index is 0.322. The van der Waals surface area contributed by atoms with Crippen LogP contribution in [0.1, 0.15) is 19.8 Å². The third-order valence-corrected chi connectivity index (χ3v) is 3.43. The first kappa shape index (κ1) is 12.1. The summed E-state index contributed by atoms with van der Waals surface area (Å²) in [5.74, 6) is -0.366. The van der Waals surface area contributed by atoms with Gasteiger partial charge in [-0.1, -0.05) is 13.3 Å². The summed E-state index contributed by atoms with van der Waals surface area (Å²) in [6, 6.07) is 0. The van der Waals surface area contributed by atoms with E-state index in [0.29, 0.717) is 12.8 Å². The second kappa shape index (κ2) is 4.34. The zero-order valence-electron chi connectivity index (χ0n) is 6.50. The lowest BCUT2D eigenvalue weighted by Gasteiger charge is -2.04. The van der Waals surface area contributed by atoms with Gasteiger partial charge in [-0.15, -0.1) is 0 Å². The minimum Gasteiger partial charge on any atom is -0.302 e. The topological polar surface area (TPSA) is 101 Å². The maximum Gasteiger partial charge on any atom is 0.484 e. The molecule has 0 bridgehead atoms. The Morgan fingerprint density at radius 3 is 2.25 bits per heavy atom. The third kappa shape index (κ3) is 6.75.